The van der Waals surface area contributed by atoms with Crippen molar-refractivity contribution in [3.05, 3.63) is 53.2 Å². The Bertz CT molecular complexity index is 929. The molecule has 32 heavy (non-hydrogen) atoms. The maximum Gasteiger partial charge on any atom is 0.417 e. The molecular weight excluding hydrogens is 427 g/mol. The van der Waals surface area contributed by atoms with Gasteiger partial charge in [0, 0.05) is 26.2 Å². The molecule has 2 heterocycles. The highest BCUT2D eigenvalue weighted by Crippen LogP contribution is 2.32. The topological polar surface area (TPSA) is 102 Å². The summed E-state index contributed by atoms with van der Waals surface area (Å²) in [5.74, 6) is 0.0212. The monoisotopic (exact) mass is 451 g/mol. The van der Waals surface area contributed by atoms with Crippen molar-refractivity contribution < 1.29 is 27.5 Å². The first kappa shape index (κ1) is 23.3. The highest BCUT2D eigenvalue weighted by molar-refractivity contribution is 5.96. The second kappa shape index (κ2) is 10.3. The van der Waals surface area contributed by atoms with Crippen LogP contribution in [0.1, 0.15) is 34.5 Å². The van der Waals surface area contributed by atoms with E-state index in [0.717, 1.165) is 18.2 Å². The first-order valence-electron chi connectivity index (χ1n) is 10.2. The minimum absolute atomic E-state index is 0.261. The third-order valence-corrected chi connectivity index (χ3v) is 5.13. The van der Waals surface area contributed by atoms with Crippen LogP contribution in [0.25, 0.3) is 0 Å². The fourth-order valence-electron chi connectivity index (χ4n) is 3.46. The number of halogens is 3. The average molecular weight is 451 g/mol. The molecule has 1 aromatic heterocycles. The number of nitrogens with zero attached hydrogens (tertiary/aromatic N) is 4. The number of anilines is 1. The molecule has 11 heteroatoms. The molecule has 0 saturated carbocycles. The minimum atomic E-state index is -4.58. The van der Waals surface area contributed by atoms with E-state index in [4.69, 9.17) is 5.73 Å². The molecule has 0 bridgehead atoms. The Balaban J connectivity index is 1.52. The van der Waals surface area contributed by atoms with Crippen LogP contribution in [-0.4, -0.2) is 59.9 Å². The fraction of sp³-hybridized carbons (Fsp3) is 0.429. The van der Waals surface area contributed by atoms with Crippen LogP contribution in [0, 0.1) is 0 Å². The van der Waals surface area contributed by atoms with E-state index in [9.17, 15) is 22.8 Å². The number of aromatic nitrogens is 2. The number of alkyl halides is 3. The van der Waals surface area contributed by atoms with Crippen molar-refractivity contribution in [1.82, 2.24) is 15.1 Å². The molecular formula is C21H24F3N5O3. The molecule has 1 aromatic carbocycles. The van der Waals surface area contributed by atoms with E-state index >= 15 is 0 Å². The van der Waals surface area contributed by atoms with Gasteiger partial charge in [0.05, 0.1) is 23.4 Å². The summed E-state index contributed by atoms with van der Waals surface area (Å²) < 4.78 is 44.3. The molecule has 1 saturated heterocycles. The number of benzene rings is 1. The SMILES string of the molecule is NC(=O)OCCCCc1ccc(N2CCN(C(=O)c3ccccc3C(F)(F)F)CC2)nn1. The summed E-state index contributed by atoms with van der Waals surface area (Å²) in [6.07, 6.45) is -3.27. The molecule has 1 aliphatic rings. The lowest BCUT2D eigenvalue weighted by atomic mass is 10.1. The molecule has 2 N–H and O–H groups in total. The van der Waals surface area contributed by atoms with E-state index in [1.807, 2.05) is 17.0 Å². The van der Waals surface area contributed by atoms with Gasteiger partial charge in [0.1, 0.15) is 0 Å². The van der Waals surface area contributed by atoms with Crippen molar-refractivity contribution >= 4 is 17.8 Å². The highest BCUT2D eigenvalue weighted by Gasteiger charge is 2.36. The van der Waals surface area contributed by atoms with Gasteiger partial charge in [-0.2, -0.15) is 18.3 Å². The molecule has 172 valence electrons. The number of amides is 2. The quantitative estimate of drug-likeness (QED) is 0.650. The van der Waals surface area contributed by atoms with Gasteiger partial charge in [-0.15, -0.1) is 5.10 Å². The van der Waals surface area contributed by atoms with Gasteiger partial charge in [-0.25, -0.2) is 4.79 Å². The van der Waals surface area contributed by atoms with Gasteiger partial charge in [0.2, 0.25) is 0 Å². The number of primary amides is 1. The second-order valence-corrected chi connectivity index (χ2v) is 7.33. The number of aryl methyl sites for hydroxylation is 1. The zero-order valence-corrected chi connectivity index (χ0v) is 17.3. The maximum absolute atomic E-state index is 13.2. The number of rotatable bonds is 7. The predicted molar refractivity (Wildman–Crippen MR) is 110 cm³/mol. The van der Waals surface area contributed by atoms with Crippen molar-refractivity contribution in [3.8, 4) is 0 Å². The van der Waals surface area contributed by atoms with Crippen molar-refractivity contribution in [2.45, 2.75) is 25.4 Å². The van der Waals surface area contributed by atoms with Gasteiger partial charge in [-0.1, -0.05) is 12.1 Å². The van der Waals surface area contributed by atoms with Gasteiger partial charge in [-0.3, -0.25) is 4.79 Å². The fourth-order valence-corrected chi connectivity index (χ4v) is 3.46. The Morgan fingerprint density at radius 1 is 1.00 bits per heavy atom. The van der Waals surface area contributed by atoms with Crippen LogP contribution in [-0.2, 0) is 17.3 Å². The van der Waals surface area contributed by atoms with E-state index in [1.165, 1.54) is 23.1 Å². The Kier molecular flexibility index (Phi) is 7.49. The minimum Gasteiger partial charge on any atom is -0.450 e. The Morgan fingerprint density at radius 2 is 1.72 bits per heavy atom. The summed E-state index contributed by atoms with van der Waals surface area (Å²) in [7, 11) is 0. The third kappa shape index (κ3) is 6.08. The lowest BCUT2D eigenvalue weighted by Crippen LogP contribution is -2.49. The zero-order valence-electron chi connectivity index (χ0n) is 17.3. The normalized spacial score (nSPS) is 14.3. The molecule has 8 nitrogen and oxygen atoms in total. The number of hydrogen-bond acceptors (Lipinski definition) is 6. The van der Waals surface area contributed by atoms with Gasteiger partial charge in [0.25, 0.3) is 5.91 Å². The van der Waals surface area contributed by atoms with Crippen LogP contribution in [0.3, 0.4) is 0 Å². The third-order valence-electron chi connectivity index (χ3n) is 5.13. The highest BCUT2D eigenvalue weighted by atomic mass is 19.4. The number of carbonyl (C=O) groups is 2. The molecule has 0 atom stereocenters. The molecule has 0 aliphatic carbocycles. The predicted octanol–water partition coefficient (Wildman–Crippen LogP) is 2.88. The molecule has 3 rings (SSSR count). The summed E-state index contributed by atoms with van der Waals surface area (Å²) >= 11 is 0. The molecule has 1 aliphatic heterocycles. The van der Waals surface area contributed by atoms with Crippen LogP contribution < -0.4 is 10.6 Å². The Hall–Kier alpha value is -3.37. The number of hydrogen-bond donors (Lipinski definition) is 1. The van der Waals surface area contributed by atoms with E-state index in [1.54, 1.807) is 0 Å². The average Bonchev–Trinajstić information content (AvgIpc) is 2.78. The molecule has 0 radical (unpaired) electrons. The van der Waals surface area contributed by atoms with Crippen LogP contribution in [0.5, 0.6) is 0 Å². The van der Waals surface area contributed by atoms with E-state index in [0.29, 0.717) is 31.7 Å². The van der Waals surface area contributed by atoms with Gasteiger partial charge < -0.3 is 20.3 Å². The van der Waals surface area contributed by atoms with E-state index in [-0.39, 0.29) is 25.3 Å². The van der Waals surface area contributed by atoms with Crippen molar-refractivity contribution in [2.24, 2.45) is 5.73 Å². The Morgan fingerprint density at radius 3 is 2.34 bits per heavy atom. The summed E-state index contributed by atoms with van der Waals surface area (Å²) in [5.41, 5.74) is 4.44. The number of ether oxygens (including phenoxy) is 1. The summed E-state index contributed by atoms with van der Waals surface area (Å²) in [5, 5.41) is 8.42. The standard InChI is InChI=1S/C21H24F3N5O3/c22-21(23,24)17-7-2-1-6-16(17)19(30)29-12-10-28(11-13-29)18-9-8-15(26-27-18)5-3-4-14-32-20(25)31/h1-2,6-9H,3-5,10-14H2,(H2,25,31). The van der Waals surface area contributed by atoms with E-state index in [2.05, 4.69) is 14.9 Å². The lowest BCUT2D eigenvalue weighted by Gasteiger charge is -2.35. The number of carbonyl (C=O) groups excluding carboxylic acids is 2. The summed E-state index contributed by atoms with van der Waals surface area (Å²) in [6, 6.07) is 8.52. The Labute approximate surface area is 183 Å². The largest absolute Gasteiger partial charge is 0.450 e. The number of nitrogens with two attached hydrogens (primary N) is 1. The first-order valence-corrected chi connectivity index (χ1v) is 10.2. The molecule has 0 unspecified atom stereocenters. The summed E-state index contributed by atoms with van der Waals surface area (Å²) in [6.45, 7) is 1.72. The van der Waals surface area contributed by atoms with Crippen LogP contribution >= 0.6 is 0 Å². The number of piperazine rings is 1. The first-order chi connectivity index (χ1) is 15.3. The zero-order chi connectivity index (χ0) is 23.1. The lowest BCUT2D eigenvalue weighted by molar-refractivity contribution is -0.138. The van der Waals surface area contributed by atoms with Crippen LogP contribution in [0.15, 0.2) is 36.4 Å². The second-order valence-electron chi connectivity index (χ2n) is 7.33. The van der Waals surface area contributed by atoms with Gasteiger partial charge >= 0.3 is 12.3 Å². The van der Waals surface area contributed by atoms with Crippen molar-refractivity contribution in [1.29, 1.82) is 0 Å². The van der Waals surface area contributed by atoms with E-state index < -0.39 is 23.7 Å². The van der Waals surface area contributed by atoms with Crippen LogP contribution in [0.2, 0.25) is 0 Å². The van der Waals surface area contributed by atoms with Gasteiger partial charge in [-0.05, 0) is 43.5 Å². The molecule has 2 amide bonds. The number of unbranched alkanes of at least 4 members (excludes halogenated alkanes) is 1. The molecule has 0 spiro atoms. The smallest absolute Gasteiger partial charge is 0.417 e. The summed E-state index contributed by atoms with van der Waals surface area (Å²) in [4.78, 5) is 26.6. The molecule has 1 fully saturated rings. The van der Waals surface area contributed by atoms with Gasteiger partial charge in [0.15, 0.2) is 5.82 Å². The van der Waals surface area contributed by atoms with Crippen LogP contribution in [0.4, 0.5) is 23.8 Å². The maximum atomic E-state index is 13.2. The molecule has 2 aromatic rings. The van der Waals surface area contributed by atoms with Crippen molar-refractivity contribution in [3.63, 3.8) is 0 Å². The van der Waals surface area contributed by atoms with Crippen molar-refractivity contribution in [2.75, 3.05) is 37.7 Å².